The lowest BCUT2D eigenvalue weighted by Gasteiger charge is -2.07. The minimum absolute atomic E-state index is 0.0149. The van der Waals surface area contributed by atoms with Crippen molar-refractivity contribution in [2.75, 3.05) is 6.61 Å². The van der Waals surface area contributed by atoms with Gasteiger partial charge in [-0.2, -0.15) is 0 Å². The molecule has 1 N–H and O–H groups in total. The molecule has 0 heterocycles. The summed E-state index contributed by atoms with van der Waals surface area (Å²) in [5, 5.41) is 9.44. The van der Waals surface area contributed by atoms with Gasteiger partial charge in [-0.15, -0.1) is 0 Å². The standard InChI is InChI=1S/C11H18O3/c1-2-14-11(13)10-8-5-3-7(12)4-6-9(8)10/h7-10,12H,2-6H2,1H3. The normalized spacial score (nSPS) is 41.0. The molecule has 2 saturated carbocycles. The summed E-state index contributed by atoms with van der Waals surface area (Å²) in [6.45, 7) is 2.33. The maximum absolute atomic E-state index is 11.5. The molecule has 0 amide bonds. The van der Waals surface area contributed by atoms with Crippen molar-refractivity contribution < 1.29 is 14.6 Å². The lowest BCUT2D eigenvalue weighted by Crippen LogP contribution is -2.12. The summed E-state index contributed by atoms with van der Waals surface area (Å²) in [4.78, 5) is 11.5. The van der Waals surface area contributed by atoms with Crippen molar-refractivity contribution in [1.29, 1.82) is 0 Å². The van der Waals surface area contributed by atoms with Gasteiger partial charge in [-0.3, -0.25) is 4.79 Å². The van der Waals surface area contributed by atoms with Crippen LogP contribution in [0.25, 0.3) is 0 Å². The van der Waals surface area contributed by atoms with Crippen LogP contribution in [0.2, 0.25) is 0 Å². The Labute approximate surface area is 84.4 Å². The number of aliphatic hydroxyl groups is 1. The van der Waals surface area contributed by atoms with Crippen molar-refractivity contribution in [2.45, 2.75) is 38.7 Å². The zero-order chi connectivity index (χ0) is 10.1. The van der Waals surface area contributed by atoms with Crippen molar-refractivity contribution in [3.63, 3.8) is 0 Å². The average molecular weight is 198 g/mol. The molecule has 2 unspecified atom stereocenters. The van der Waals surface area contributed by atoms with Gasteiger partial charge in [-0.25, -0.2) is 0 Å². The van der Waals surface area contributed by atoms with Gasteiger partial charge in [0.1, 0.15) is 0 Å². The minimum atomic E-state index is -0.134. The van der Waals surface area contributed by atoms with E-state index in [9.17, 15) is 9.90 Å². The number of carbonyl (C=O) groups excluding carboxylic acids is 1. The van der Waals surface area contributed by atoms with Gasteiger partial charge in [0.05, 0.1) is 18.6 Å². The fraction of sp³-hybridized carbons (Fsp3) is 0.909. The molecule has 0 spiro atoms. The van der Waals surface area contributed by atoms with Crippen molar-refractivity contribution >= 4 is 5.97 Å². The molecule has 0 radical (unpaired) electrons. The summed E-state index contributed by atoms with van der Waals surface area (Å²) in [6.07, 6.45) is 3.57. The van der Waals surface area contributed by atoms with Gasteiger partial charge in [-0.1, -0.05) is 0 Å². The van der Waals surface area contributed by atoms with Crippen LogP contribution in [0.5, 0.6) is 0 Å². The lowest BCUT2D eigenvalue weighted by molar-refractivity contribution is -0.145. The van der Waals surface area contributed by atoms with Crippen LogP contribution in [0.15, 0.2) is 0 Å². The highest BCUT2D eigenvalue weighted by molar-refractivity contribution is 5.76. The summed E-state index contributed by atoms with van der Waals surface area (Å²) in [5.74, 6) is 1.15. The first kappa shape index (κ1) is 9.97. The number of hydrogen-bond donors (Lipinski definition) is 1. The third-order valence-electron chi connectivity index (χ3n) is 3.56. The lowest BCUT2D eigenvalue weighted by atomic mass is 10.1. The van der Waals surface area contributed by atoms with Crippen LogP contribution in [0, 0.1) is 17.8 Å². The Balaban J connectivity index is 1.87. The van der Waals surface area contributed by atoms with Crippen molar-refractivity contribution in [3.8, 4) is 0 Å². The zero-order valence-electron chi connectivity index (χ0n) is 8.61. The predicted molar refractivity (Wildman–Crippen MR) is 51.6 cm³/mol. The number of hydrogen-bond acceptors (Lipinski definition) is 3. The van der Waals surface area contributed by atoms with Crippen LogP contribution in [0.4, 0.5) is 0 Å². The van der Waals surface area contributed by atoms with Gasteiger partial charge in [0.2, 0.25) is 0 Å². The van der Waals surface area contributed by atoms with Crippen LogP contribution in [-0.2, 0) is 9.53 Å². The Kier molecular flexibility index (Phi) is 2.77. The Morgan fingerprint density at radius 1 is 1.29 bits per heavy atom. The Morgan fingerprint density at radius 3 is 2.36 bits per heavy atom. The smallest absolute Gasteiger partial charge is 0.309 e. The van der Waals surface area contributed by atoms with Gasteiger partial charge < -0.3 is 9.84 Å². The van der Waals surface area contributed by atoms with E-state index in [0.29, 0.717) is 18.4 Å². The molecule has 3 nitrogen and oxygen atoms in total. The molecule has 0 aliphatic heterocycles. The zero-order valence-corrected chi connectivity index (χ0v) is 8.61. The first-order chi connectivity index (χ1) is 6.74. The second-order valence-corrected chi connectivity index (χ2v) is 4.41. The summed E-state index contributed by atoms with van der Waals surface area (Å²) >= 11 is 0. The summed E-state index contributed by atoms with van der Waals surface area (Å²) < 4.78 is 5.02. The third-order valence-corrected chi connectivity index (χ3v) is 3.56. The Bertz CT molecular complexity index is 213. The van der Waals surface area contributed by atoms with E-state index in [-0.39, 0.29) is 18.0 Å². The first-order valence-corrected chi connectivity index (χ1v) is 5.58. The highest BCUT2D eigenvalue weighted by atomic mass is 16.5. The third kappa shape index (κ3) is 1.78. The highest BCUT2D eigenvalue weighted by Crippen LogP contribution is 2.54. The molecule has 2 aliphatic carbocycles. The molecule has 0 saturated heterocycles. The number of carbonyl (C=O) groups is 1. The van der Waals surface area contributed by atoms with Crippen LogP contribution in [-0.4, -0.2) is 23.8 Å². The van der Waals surface area contributed by atoms with E-state index in [0.717, 1.165) is 25.7 Å². The van der Waals surface area contributed by atoms with Crippen molar-refractivity contribution in [1.82, 2.24) is 0 Å². The maximum Gasteiger partial charge on any atom is 0.309 e. The number of ether oxygens (including phenoxy) is 1. The molecule has 0 bridgehead atoms. The number of esters is 1. The second-order valence-electron chi connectivity index (χ2n) is 4.41. The number of fused-ring (bicyclic) bond motifs is 1. The monoisotopic (exact) mass is 198 g/mol. The predicted octanol–water partition coefficient (Wildman–Crippen LogP) is 1.35. The van der Waals surface area contributed by atoms with Gasteiger partial charge >= 0.3 is 5.97 Å². The van der Waals surface area contributed by atoms with Gasteiger partial charge in [-0.05, 0) is 44.4 Å². The maximum atomic E-state index is 11.5. The first-order valence-electron chi connectivity index (χ1n) is 5.58. The van der Waals surface area contributed by atoms with Crippen LogP contribution in [0.1, 0.15) is 32.6 Å². The van der Waals surface area contributed by atoms with Crippen molar-refractivity contribution in [2.24, 2.45) is 17.8 Å². The van der Waals surface area contributed by atoms with E-state index in [2.05, 4.69) is 0 Å². The molecule has 2 fully saturated rings. The Morgan fingerprint density at radius 2 is 1.86 bits per heavy atom. The summed E-state index contributed by atoms with van der Waals surface area (Å²) in [5.41, 5.74) is 0. The van der Waals surface area contributed by atoms with E-state index in [1.807, 2.05) is 6.92 Å². The molecular formula is C11H18O3. The number of rotatable bonds is 2. The molecule has 0 aromatic rings. The molecule has 2 aliphatic rings. The molecule has 3 heteroatoms. The largest absolute Gasteiger partial charge is 0.466 e. The molecule has 0 aromatic heterocycles. The molecule has 2 rings (SSSR count). The molecule has 80 valence electrons. The summed E-state index contributed by atoms with van der Waals surface area (Å²) in [6, 6.07) is 0. The van der Waals surface area contributed by atoms with Crippen LogP contribution >= 0.6 is 0 Å². The molecule has 14 heavy (non-hydrogen) atoms. The SMILES string of the molecule is CCOC(=O)C1C2CCC(O)CCC21. The van der Waals surface area contributed by atoms with E-state index in [1.165, 1.54) is 0 Å². The molecule has 2 atom stereocenters. The van der Waals surface area contributed by atoms with E-state index >= 15 is 0 Å². The molecular weight excluding hydrogens is 180 g/mol. The fourth-order valence-electron chi connectivity index (χ4n) is 2.73. The summed E-state index contributed by atoms with van der Waals surface area (Å²) in [7, 11) is 0. The molecule has 0 aromatic carbocycles. The van der Waals surface area contributed by atoms with Gasteiger partial charge in [0.15, 0.2) is 0 Å². The van der Waals surface area contributed by atoms with Crippen LogP contribution in [0.3, 0.4) is 0 Å². The van der Waals surface area contributed by atoms with Crippen LogP contribution < -0.4 is 0 Å². The van der Waals surface area contributed by atoms with E-state index in [1.54, 1.807) is 0 Å². The van der Waals surface area contributed by atoms with E-state index < -0.39 is 0 Å². The fourth-order valence-corrected chi connectivity index (χ4v) is 2.73. The second kappa shape index (κ2) is 3.89. The topological polar surface area (TPSA) is 46.5 Å². The average Bonchev–Trinajstić information content (AvgIpc) is 2.85. The van der Waals surface area contributed by atoms with E-state index in [4.69, 9.17) is 4.74 Å². The minimum Gasteiger partial charge on any atom is -0.466 e. The quantitative estimate of drug-likeness (QED) is 0.681. The number of aliphatic hydroxyl groups excluding tert-OH is 1. The van der Waals surface area contributed by atoms with Gasteiger partial charge in [0.25, 0.3) is 0 Å². The highest BCUT2D eigenvalue weighted by Gasteiger charge is 2.55. The Hall–Kier alpha value is -0.570. The van der Waals surface area contributed by atoms with Gasteiger partial charge in [0, 0.05) is 0 Å². The van der Waals surface area contributed by atoms with Crippen molar-refractivity contribution in [3.05, 3.63) is 0 Å².